The van der Waals surface area contributed by atoms with Gasteiger partial charge in [0.25, 0.3) is 0 Å². The van der Waals surface area contributed by atoms with Crippen molar-refractivity contribution in [1.29, 1.82) is 0 Å². The Kier molecular flexibility index (Phi) is 4.34. The van der Waals surface area contributed by atoms with Crippen LogP contribution in [0.2, 0.25) is 0 Å². The predicted molar refractivity (Wildman–Crippen MR) is 99.0 cm³/mol. The van der Waals surface area contributed by atoms with Gasteiger partial charge in [0.05, 0.1) is 5.75 Å². The molecule has 2 aromatic heterocycles. The summed E-state index contributed by atoms with van der Waals surface area (Å²) in [6.07, 6.45) is 3.08. The number of benzene rings is 1. The number of nitrogens with two attached hydrogens (primary N) is 1. The summed E-state index contributed by atoms with van der Waals surface area (Å²) in [5, 5.41) is 16.1. The third-order valence-corrected chi connectivity index (χ3v) is 5.65. The van der Waals surface area contributed by atoms with Gasteiger partial charge >= 0.3 is 0 Å². The Balaban J connectivity index is 1.50. The highest BCUT2D eigenvalue weighted by Gasteiger charge is 2.24. The monoisotopic (exact) mass is 418 g/mol. The molecule has 0 bridgehead atoms. The lowest BCUT2D eigenvalue weighted by molar-refractivity contribution is 0.102. The number of nitrogens with one attached hydrogen (secondary N) is 1. The number of hydrogen-bond acceptors (Lipinski definition) is 6. The Labute approximate surface area is 156 Å². The highest BCUT2D eigenvalue weighted by Crippen LogP contribution is 2.30. The zero-order valence-corrected chi connectivity index (χ0v) is 15.6. The largest absolute Gasteiger partial charge is 0.335 e. The van der Waals surface area contributed by atoms with Crippen LogP contribution in [0.5, 0.6) is 0 Å². The van der Waals surface area contributed by atoms with E-state index in [0.29, 0.717) is 16.5 Å². The van der Waals surface area contributed by atoms with Gasteiger partial charge in [-0.25, -0.2) is 4.68 Å². The lowest BCUT2D eigenvalue weighted by atomic mass is 10.2. The number of hydrogen-bond donors (Lipinski definition) is 2. The minimum atomic E-state index is 0.0164. The van der Waals surface area contributed by atoms with E-state index >= 15 is 0 Å². The number of fused-ring (bicyclic) bond motifs is 1. The Bertz CT molecular complexity index is 933. The van der Waals surface area contributed by atoms with Gasteiger partial charge in [-0.15, -0.1) is 10.2 Å². The molecule has 7 nitrogen and oxygen atoms in total. The van der Waals surface area contributed by atoms with E-state index in [-0.39, 0.29) is 11.5 Å². The van der Waals surface area contributed by atoms with E-state index in [0.717, 1.165) is 35.1 Å². The van der Waals surface area contributed by atoms with Crippen LogP contribution < -0.4 is 5.84 Å². The summed E-state index contributed by atoms with van der Waals surface area (Å²) in [6.45, 7) is 0. The molecule has 1 aliphatic rings. The molecule has 0 saturated heterocycles. The number of rotatable bonds is 5. The number of ketones is 1. The molecule has 2 heterocycles. The second-order valence-electron chi connectivity index (χ2n) is 5.78. The standard InChI is InChI=1S/C16H15BrN6OS/c17-10-6-4-9(5-7-10)13(24)8-25-16-22-21-15(23(16)18)14-11-2-1-3-12(11)19-20-14/h4-7H,1-3,8,18H2,(H,19,20). The van der Waals surface area contributed by atoms with Gasteiger partial charge in [0.2, 0.25) is 11.0 Å². The van der Waals surface area contributed by atoms with Crippen LogP contribution in [0.15, 0.2) is 33.9 Å². The highest BCUT2D eigenvalue weighted by molar-refractivity contribution is 9.10. The van der Waals surface area contributed by atoms with E-state index in [9.17, 15) is 4.79 Å². The van der Waals surface area contributed by atoms with E-state index in [1.807, 2.05) is 12.1 Å². The minimum absolute atomic E-state index is 0.0164. The van der Waals surface area contributed by atoms with Crippen molar-refractivity contribution in [2.75, 3.05) is 11.6 Å². The maximum absolute atomic E-state index is 12.3. The number of Topliss-reactive ketones (excluding diaryl/α,β-unsaturated/α-hetero) is 1. The Morgan fingerprint density at radius 3 is 2.88 bits per heavy atom. The molecule has 0 unspecified atom stereocenters. The Morgan fingerprint density at radius 1 is 1.28 bits per heavy atom. The van der Waals surface area contributed by atoms with Gasteiger partial charge in [0, 0.05) is 21.3 Å². The fraction of sp³-hybridized carbons (Fsp3) is 0.250. The first-order valence-corrected chi connectivity index (χ1v) is 9.60. The molecular weight excluding hydrogens is 404 g/mol. The summed E-state index contributed by atoms with van der Waals surface area (Å²) in [4.78, 5) is 12.3. The first kappa shape index (κ1) is 16.3. The quantitative estimate of drug-likeness (QED) is 0.375. The van der Waals surface area contributed by atoms with Gasteiger partial charge in [-0.05, 0) is 31.4 Å². The topological polar surface area (TPSA) is 102 Å². The first-order chi connectivity index (χ1) is 12.1. The molecule has 0 saturated carbocycles. The SMILES string of the molecule is Nn1c(SCC(=O)c2ccc(Br)cc2)nnc1-c1n[nH]c2c1CCC2. The molecule has 0 fully saturated rings. The van der Waals surface area contributed by atoms with E-state index in [2.05, 4.69) is 36.3 Å². The van der Waals surface area contributed by atoms with Gasteiger partial charge in [0.15, 0.2) is 5.78 Å². The number of carbonyl (C=O) groups is 1. The second-order valence-corrected chi connectivity index (χ2v) is 7.64. The normalized spacial score (nSPS) is 13.2. The average molecular weight is 419 g/mol. The molecular formula is C16H15BrN6OS. The van der Waals surface area contributed by atoms with Crippen molar-refractivity contribution in [3.05, 3.63) is 45.6 Å². The molecule has 1 aromatic carbocycles. The van der Waals surface area contributed by atoms with E-state index < -0.39 is 0 Å². The fourth-order valence-corrected chi connectivity index (χ4v) is 3.91. The van der Waals surface area contributed by atoms with E-state index in [4.69, 9.17) is 5.84 Å². The number of nitrogen functional groups attached to an aromatic ring is 1. The van der Waals surface area contributed by atoms with Crippen molar-refractivity contribution in [3.63, 3.8) is 0 Å². The van der Waals surface area contributed by atoms with Crippen LogP contribution in [-0.4, -0.2) is 36.6 Å². The first-order valence-electron chi connectivity index (χ1n) is 7.82. The van der Waals surface area contributed by atoms with Crippen molar-refractivity contribution in [1.82, 2.24) is 25.1 Å². The molecule has 0 aliphatic heterocycles. The van der Waals surface area contributed by atoms with Crippen molar-refractivity contribution in [3.8, 4) is 11.5 Å². The maximum Gasteiger partial charge on any atom is 0.210 e. The van der Waals surface area contributed by atoms with Crippen LogP contribution in [0, 0.1) is 0 Å². The number of thioether (sulfide) groups is 1. The summed E-state index contributed by atoms with van der Waals surface area (Å²) in [5.74, 6) is 6.92. The number of carbonyl (C=O) groups excluding carboxylic acids is 1. The van der Waals surface area contributed by atoms with Crippen molar-refractivity contribution < 1.29 is 4.79 Å². The average Bonchev–Trinajstić information content (AvgIpc) is 3.30. The summed E-state index contributed by atoms with van der Waals surface area (Å²) < 4.78 is 2.35. The van der Waals surface area contributed by atoms with E-state index in [1.54, 1.807) is 12.1 Å². The molecule has 0 radical (unpaired) electrons. The molecule has 4 rings (SSSR count). The number of aromatic amines is 1. The predicted octanol–water partition coefficient (Wildman–Crippen LogP) is 2.61. The van der Waals surface area contributed by atoms with Crippen molar-refractivity contribution in [2.24, 2.45) is 0 Å². The molecule has 9 heteroatoms. The third kappa shape index (κ3) is 3.09. The second kappa shape index (κ2) is 6.64. The molecule has 25 heavy (non-hydrogen) atoms. The van der Waals surface area contributed by atoms with Crippen molar-refractivity contribution >= 4 is 33.5 Å². The zero-order chi connectivity index (χ0) is 17.4. The van der Waals surface area contributed by atoms with Crippen LogP contribution >= 0.6 is 27.7 Å². The van der Waals surface area contributed by atoms with Gasteiger partial charge in [0.1, 0.15) is 5.69 Å². The van der Waals surface area contributed by atoms with Gasteiger partial charge in [-0.2, -0.15) is 5.10 Å². The summed E-state index contributed by atoms with van der Waals surface area (Å²) in [6, 6.07) is 7.27. The van der Waals surface area contributed by atoms with Gasteiger partial charge in [-0.3, -0.25) is 9.89 Å². The van der Waals surface area contributed by atoms with Gasteiger partial charge < -0.3 is 5.84 Å². The third-order valence-electron chi connectivity index (χ3n) is 4.18. The molecule has 0 spiro atoms. The van der Waals surface area contributed by atoms with Crippen LogP contribution in [-0.2, 0) is 12.8 Å². The molecule has 3 aromatic rings. The summed E-state index contributed by atoms with van der Waals surface area (Å²) in [5.41, 5.74) is 3.73. The molecule has 3 N–H and O–H groups in total. The molecule has 0 amide bonds. The smallest absolute Gasteiger partial charge is 0.210 e. The number of nitrogens with zero attached hydrogens (tertiary/aromatic N) is 4. The Morgan fingerprint density at radius 2 is 2.08 bits per heavy atom. The van der Waals surface area contributed by atoms with Gasteiger partial charge in [-0.1, -0.05) is 39.8 Å². The lowest BCUT2D eigenvalue weighted by Crippen LogP contribution is -2.13. The lowest BCUT2D eigenvalue weighted by Gasteiger charge is -2.03. The van der Waals surface area contributed by atoms with Crippen molar-refractivity contribution in [2.45, 2.75) is 24.4 Å². The number of aromatic nitrogens is 5. The van der Waals surface area contributed by atoms with Crippen LogP contribution in [0.1, 0.15) is 28.0 Å². The summed E-state index contributed by atoms with van der Waals surface area (Å²) in [7, 11) is 0. The zero-order valence-electron chi connectivity index (χ0n) is 13.2. The number of aryl methyl sites for hydroxylation is 1. The molecule has 1 aliphatic carbocycles. The Hall–Kier alpha value is -2.13. The fourth-order valence-electron chi connectivity index (χ4n) is 2.89. The van der Waals surface area contributed by atoms with Crippen LogP contribution in [0.3, 0.4) is 0 Å². The molecule has 128 valence electrons. The highest BCUT2D eigenvalue weighted by atomic mass is 79.9. The maximum atomic E-state index is 12.3. The van der Waals surface area contributed by atoms with Crippen LogP contribution in [0.25, 0.3) is 11.5 Å². The van der Waals surface area contributed by atoms with E-state index in [1.165, 1.54) is 22.0 Å². The number of halogens is 1. The number of H-pyrrole nitrogens is 1. The summed E-state index contributed by atoms with van der Waals surface area (Å²) >= 11 is 4.63. The molecule has 0 atom stereocenters. The minimum Gasteiger partial charge on any atom is -0.335 e. The van der Waals surface area contributed by atoms with Crippen LogP contribution in [0.4, 0.5) is 0 Å².